The lowest BCUT2D eigenvalue weighted by atomic mass is 9.90. The van der Waals surface area contributed by atoms with Gasteiger partial charge in [-0.25, -0.2) is 0 Å². The van der Waals surface area contributed by atoms with Crippen molar-refractivity contribution in [1.82, 2.24) is 10.3 Å². The van der Waals surface area contributed by atoms with Crippen LogP contribution in [-0.2, 0) is 11.2 Å². The van der Waals surface area contributed by atoms with Gasteiger partial charge in [-0.2, -0.15) is 0 Å². The van der Waals surface area contributed by atoms with Gasteiger partial charge in [-0.1, -0.05) is 24.3 Å². The Balaban J connectivity index is 2.06. The molecule has 19 heavy (non-hydrogen) atoms. The van der Waals surface area contributed by atoms with Crippen molar-refractivity contribution in [3.8, 4) is 11.1 Å². The van der Waals surface area contributed by atoms with Crippen LogP contribution in [0.3, 0.4) is 0 Å². The smallest absolute Gasteiger partial charge is 0.0952 e. The van der Waals surface area contributed by atoms with E-state index in [0.29, 0.717) is 0 Å². The Kier molecular flexibility index (Phi) is 3.58. The summed E-state index contributed by atoms with van der Waals surface area (Å²) in [5, 5.41) is 3.20. The third kappa shape index (κ3) is 2.39. The average Bonchev–Trinajstić information content (AvgIpc) is 2.48. The molecule has 0 fully saturated rings. The average molecular weight is 254 g/mol. The predicted molar refractivity (Wildman–Crippen MR) is 76.0 cm³/mol. The molecule has 2 heterocycles. The molecule has 0 unspecified atom stereocenters. The first-order valence-corrected chi connectivity index (χ1v) is 6.68. The maximum absolute atomic E-state index is 5.86. The summed E-state index contributed by atoms with van der Waals surface area (Å²) < 4.78 is 5.86. The van der Waals surface area contributed by atoms with Crippen LogP contribution in [0.5, 0.6) is 0 Å². The molecule has 0 radical (unpaired) electrons. The summed E-state index contributed by atoms with van der Waals surface area (Å²) in [5.41, 5.74) is 5.18. The Morgan fingerprint density at radius 1 is 1.32 bits per heavy atom. The standard InChI is InChI=1S/C16H18N2O/c1-17-11-16-15-6-2-5-13(14(15)7-9-19-16)12-4-3-8-18-10-12/h2-6,8,10,16-17H,7,9,11H2,1H3/t16-/m1/s1. The first-order valence-electron chi connectivity index (χ1n) is 6.68. The Labute approximate surface area is 113 Å². The SMILES string of the molecule is CNC[C@H]1OCCc2c(-c3cccnc3)cccc21. The van der Waals surface area contributed by atoms with Crippen LogP contribution >= 0.6 is 0 Å². The maximum Gasteiger partial charge on any atom is 0.0952 e. The van der Waals surface area contributed by atoms with Gasteiger partial charge in [-0.05, 0) is 36.2 Å². The molecule has 3 rings (SSSR count). The van der Waals surface area contributed by atoms with Gasteiger partial charge in [0, 0.05) is 24.5 Å². The number of aromatic nitrogens is 1. The van der Waals surface area contributed by atoms with Crippen molar-refractivity contribution >= 4 is 0 Å². The lowest BCUT2D eigenvalue weighted by Crippen LogP contribution is -2.25. The van der Waals surface area contributed by atoms with Crippen molar-refractivity contribution in [2.45, 2.75) is 12.5 Å². The molecular weight excluding hydrogens is 236 g/mol. The highest BCUT2D eigenvalue weighted by Gasteiger charge is 2.22. The van der Waals surface area contributed by atoms with Crippen LogP contribution in [0, 0.1) is 0 Å². The van der Waals surface area contributed by atoms with Crippen LogP contribution < -0.4 is 5.32 Å². The monoisotopic (exact) mass is 254 g/mol. The van der Waals surface area contributed by atoms with Crippen LogP contribution in [0.25, 0.3) is 11.1 Å². The van der Waals surface area contributed by atoms with Gasteiger partial charge in [0.2, 0.25) is 0 Å². The van der Waals surface area contributed by atoms with Crippen LogP contribution in [0.4, 0.5) is 0 Å². The van der Waals surface area contributed by atoms with E-state index in [1.54, 1.807) is 0 Å². The van der Waals surface area contributed by atoms with Gasteiger partial charge >= 0.3 is 0 Å². The van der Waals surface area contributed by atoms with Gasteiger partial charge in [-0.3, -0.25) is 4.98 Å². The van der Waals surface area contributed by atoms with Crippen molar-refractivity contribution in [2.24, 2.45) is 0 Å². The molecule has 1 aliphatic heterocycles. The summed E-state index contributed by atoms with van der Waals surface area (Å²) in [4.78, 5) is 4.22. The predicted octanol–water partition coefficient (Wildman–Crippen LogP) is 2.58. The second-order valence-electron chi connectivity index (χ2n) is 4.78. The fourth-order valence-electron chi connectivity index (χ4n) is 2.73. The van der Waals surface area contributed by atoms with E-state index >= 15 is 0 Å². The molecule has 0 aliphatic carbocycles. The van der Waals surface area contributed by atoms with E-state index in [0.717, 1.165) is 19.6 Å². The van der Waals surface area contributed by atoms with E-state index in [4.69, 9.17) is 4.74 Å². The fraction of sp³-hybridized carbons (Fsp3) is 0.312. The first-order chi connectivity index (χ1) is 9.40. The largest absolute Gasteiger partial charge is 0.372 e. The number of fused-ring (bicyclic) bond motifs is 1. The summed E-state index contributed by atoms with van der Waals surface area (Å²) in [6.45, 7) is 1.64. The number of ether oxygens (including phenoxy) is 1. The Morgan fingerprint density at radius 2 is 2.26 bits per heavy atom. The minimum Gasteiger partial charge on any atom is -0.372 e. The molecule has 98 valence electrons. The Hall–Kier alpha value is -1.71. The Bertz CT molecular complexity index is 554. The van der Waals surface area contributed by atoms with Gasteiger partial charge < -0.3 is 10.1 Å². The van der Waals surface area contributed by atoms with E-state index in [-0.39, 0.29) is 6.10 Å². The molecule has 0 saturated carbocycles. The second kappa shape index (κ2) is 5.51. The highest BCUT2D eigenvalue weighted by atomic mass is 16.5. The minimum atomic E-state index is 0.158. The number of nitrogens with zero attached hydrogens (tertiary/aromatic N) is 1. The molecule has 1 N–H and O–H groups in total. The zero-order valence-corrected chi connectivity index (χ0v) is 11.1. The molecule has 0 amide bonds. The topological polar surface area (TPSA) is 34.1 Å². The molecule has 2 aromatic rings. The number of pyridine rings is 1. The zero-order chi connectivity index (χ0) is 13.1. The van der Waals surface area contributed by atoms with Crippen molar-refractivity contribution in [3.05, 3.63) is 53.9 Å². The number of likely N-dealkylation sites (N-methyl/N-ethyl adjacent to an activating group) is 1. The van der Waals surface area contributed by atoms with E-state index in [1.807, 2.05) is 25.5 Å². The molecule has 1 aromatic carbocycles. The number of hydrogen-bond donors (Lipinski definition) is 1. The Morgan fingerprint density at radius 3 is 3.05 bits per heavy atom. The molecule has 1 atom stereocenters. The van der Waals surface area contributed by atoms with E-state index in [9.17, 15) is 0 Å². The fourth-order valence-corrected chi connectivity index (χ4v) is 2.73. The summed E-state index contributed by atoms with van der Waals surface area (Å²) >= 11 is 0. The quantitative estimate of drug-likeness (QED) is 0.914. The molecule has 0 saturated heterocycles. The van der Waals surface area contributed by atoms with Crippen LogP contribution in [-0.4, -0.2) is 25.2 Å². The molecule has 3 nitrogen and oxygen atoms in total. The van der Waals surface area contributed by atoms with Gasteiger partial charge in [0.1, 0.15) is 0 Å². The minimum absolute atomic E-state index is 0.158. The number of rotatable bonds is 3. The van der Waals surface area contributed by atoms with Crippen LogP contribution in [0.2, 0.25) is 0 Å². The van der Waals surface area contributed by atoms with E-state index in [2.05, 4.69) is 34.6 Å². The lowest BCUT2D eigenvalue weighted by molar-refractivity contribution is 0.0440. The first kappa shape index (κ1) is 12.3. The zero-order valence-electron chi connectivity index (χ0n) is 11.1. The second-order valence-corrected chi connectivity index (χ2v) is 4.78. The summed E-state index contributed by atoms with van der Waals surface area (Å²) in [5.74, 6) is 0. The summed E-state index contributed by atoms with van der Waals surface area (Å²) in [6.07, 6.45) is 4.87. The molecule has 1 aromatic heterocycles. The van der Waals surface area contributed by atoms with E-state index < -0.39 is 0 Å². The molecule has 3 heteroatoms. The molecule has 0 spiro atoms. The van der Waals surface area contributed by atoms with Gasteiger partial charge in [-0.15, -0.1) is 0 Å². The van der Waals surface area contributed by atoms with Gasteiger partial charge in [0.15, 0.2) is 0 Å². The number of benzene rings is 1. The maximum atomic E-state index is 5.86. The normalized spacial score (nSPS) is 18.1. The van der Waals surface area contributed by atoms with Gasteiger partial charge in [0.25, 0.3) is 0 Å². The third-order valence-electron chi connectivity index (χ3n) is 3.59. The highest BCUT2D eigenvalue weighted by molar-refractivity contribution is 5.68. The van der Waals surface area contributed by atoms with Crippen molar-refractivity contribution in [3.63, 3.8) is 0 Å². The molecule has 1 aliphatic rings. The van der Waals surface area contributed by atoms with Crippen molar-refractivity contribution in [2.75, 3.05) is 20.2 Å². The van der Waals surface area contributed by atoms with Crippen LogP contribution in [0.1, 0.15) is 17.2 Å². The van der Waals surface area contributed by atoms with Crippen molar-refractivity contribution < 1.29 is 4.74 Å². The third-order valence-corrected chi connectivity index (χ3v) is 3.59. The number of hydrogen-bond acceptors (Lipinski definition) is 3. The number of nitrogens with one attached hydrogen (secondary N) is 1. The molecular formula is C16H18N2O. The summed E-state index contributed by atoms with van der Waals surface area (Å²) in [7, 11) is 1.96. The van der Waals surface area contributed by atoms with E-state index in [1.165, 1.54) is 22.3 Å². The van der Waals surface area contributed by atoms with Gasteiger partial charge in [0.05, 0.1) is 12.7 Å². The van der Waals surface area contributed by atoms with Crippen LogP contribution in [0.15, 0.2) is 42.7 Å². The lowest BCUT2D eigenvalue weighted by Gasteiger charge is -2.27. The summed E-state index contributed by atoms with van der Waals surface area (Å²) in [6, 6.07) is 10.6. The molecule has 0 bridgehead atoms. The highest BCUT2D eigenvalue weighted by Crippen LogP contribution is 2.33. The van der Waals surface area contributed by atoms with Crippen molar-refractivity contribution in [1.29, 1.82) is 0 Å².